The van der Waals surface area contributed by atoms with Crippen LogP contribution in [-0.4, -0.2) is 15.2 Å². The van der Waals surface area contributed by atoms with Gasteiger partial charge in [0.15, 0.2) is 0 Å². The van der Waals surface area contributed by atoms with Gasteiger partial charge >= 0.3 is 0 Å². The highest BCUT2D eigenvalue weighted by molar-refractivity contribution is 6.77. The maximum Gasteiger partial charge on any atom is 0.0842 e. The summed E-state index contributed by atoms with van der Waals surface area (Å²) in [6.07, 6.45) is 2.39. The van der Waals surface area contributed by atoms with Crippen molar-refractivity contribution in [1.29, 1.82) is 0 Å². The van der Waals surface area contributed by atoms with Gasteiger partial charge in [0.05, 0.1) is 13.8 Å². The highest BCUT2D eigenvalue weighted by atomic mass is 28.3. The SMILES string of the molecule is COC(c1ccc2c3c(cccc13)CC2)[Si](C)(C)C. The Morgan fingerprint density at radius 3 is 2.32 bits per heavy atom. The van der Waals surface area contributed by atoms with E-state index in [-0.39, 0.29) is 5.73 Å². The van der Waals surface area contributed by atoms with Gasteiger partial charge in [-0.3, -0.25) is 0 Å². The minimum atomic E-state index is -1.38. The monoisotopic (exact) mass is 270 g/mol. The molecule has 2 aromatic rings. The molecule has 100 valence electrons. The summed E-state index contributed by atoms with van der Waals surface area (Å²) in [5.41, 5.74) is 4.70. The Labute approximate surface area is 116 Å². The number of ether oxygens (including phenoxy) is 1. The minimum absolute atomic E-state index is 0.275. The largest absolute Gasteiger partial charge is 0.380 e. The third-order valence-corrected chi connectivity index (χ3v) is 6.34. The zero-order chi connectivity index (χ0) is 13.6. The molecule has 0 saturated carbocycles. The van der Waals surface area contributed by atoms with Crippen LogP contribution in [0.5, 0.6) is 0 Å². The summed E-state index contributed by atoms with van der Waals surface area (Å²) in [6.45, 7) is 7.14. The second-order valence-electron chi connectivity index (χ2n) is 6.64. The molecule has 3 rings (SSSR count). The van der Waals surface area contributed by atoms with E-state index >= 15 is 0 Å². The quantitative estimate of drug-likeness (QED) is 0.746. The number of aryl methyl sites for hydroxylation is 2. The summed E-state index contributed by atoms with van der Waals surface area (Å²) in [7, 11) is 0.472. The Kier molecular flexibility index (Phi) is 3.03. The van der Waals surface area contributed by atoms with E-state index in [4.69, 9.17) is 4.74 Å². The van der Waals surface area contributed by atoms with Gasteiger partial charge in [0.25, 0.3) is 0 Å². The zero-order valence-electron chi connectivity index (χ0n) is 12.3. The molecule has 0 bridgehead atoms. The Hall–Kier alpha value is -1.12. The van der Waals surface area contributed by atoms with E-state index in [1.807, 2.05) is 7.11 Å². The lowest BCUT2D eigenvalue weighted by Crippen LogP contribution is -2.32. The standard InChI is InChI=1S/C17H22OSi/c1-18-17(19(2,3)4)15-11-10-13-9-8-12-6-5-7-14(15)16(12)13/h5-7,10-11,17H,8-9H2,1-4H3. The summed E-state index contributed by atoms with van der Waals surface area (Å²) in [4.78, 5) is 0. The van der Waals surface area contributed by atoms with Crippen molar-refractivity contribution < 1.29 is 4.74 Å². The van der Waals surface area contributed by atoms with Crippen molar-refractivity contribution in [3.05, 3.63) is 47.0 Å². The summed E-state index contributed by atoms with van der Waals surface area (Å²) in [5.74, 6) is 0. The third-order valence-electron chi connectivity index (χ3n) is 4.22. The number of rotatable bonds is 3. The Bertz CT molecular complexity index is 615. The first-order valence-corrected chi connectivity index (χ1v) is 10.7. The van der Waals surface area contributed by atoms with Crippen LogP contribution in [0.3, 0.4) is 0 Å². The number of methoxy groups -OCH3 is 1. The van der Waals surface area contributed by atoms with Gasteiger partial charge in [-0.25, -0.2) is 0 Å². The average molecular weight is 270 g/mol. The average Bonchev–Trinajstić information content (AvgIpc) is 2.77. The highest BCUT2D eigenvalue weighted by Crippen LogP contribution is 2.38. The summed E-state index contributed by atoms with van der Waals surface area (Å²) in [5, 5.41) is 2.92. The lowest BCUT2D eigenvalue weighted by atomic mass is 10.0. The maximum absolute atomic E-state index is 5.87. The Morgan fingerprint density at radius 2 is 1.68 bits per heavy atom. The number of benzene rings is 2. The van der Waals surface area contributed by atoms with E-state index in [0.717, 1.165) is 0 Å². The summed E-state index contributed by atoms with van der Waals surface area (Å²) < 4.78 is 5.87. The molecular weight excluding hydrogens is 248 g/mol. The zero-order valence-corrected chi connectivity index (χ0v) is 13.3. The normalized spacial score (nSPS) is 16.0. The van der Waals surface area contributed by atoms with E-state index in [2.05, 4.69) is 50.0 Å². The predicted octanol–water partition coefficient (Wildman–Crippen LogP) is 4.50. The molecule has 0 heterocycles. The van der Waals surface area contributed by atoms with Crippen molar-refractivity contribution in [2.45, 2.75) is 38.2 Å². The van der Waals surface area contributed by atoms with Crippen LogP contribution in [0.4, 0.5) is 0 Å². The lowest BCUT2D eigenvalue weighted by Gasteiger charge is -2.29. The molecule has 1 unspecified atom stereocenters. The fourth-order valence-corrected chi connectivity index (χ4v) is 5.34. The molecule has 0 spiro atoms. The summed E-state index contributed by atoms with van der Waals surface area (Å²) >= 11 is 0. The van der Waals surface area contributed by atoms with Crippen LogP contribution in [0.2, 0.25) is 19.6 Å². The second-order valence-corrected chi connectivity index (χ2v) is 11.9. The van der Waals surface area contributed by atoms with Gasteiger partial charge in [0.1, 0.15) is 0 Å². The Balaban J connectivity index is 2.26. The fraction of sp³-hybridized carbons (Fsp3) is 0.412. The van der Waals surface area contributed by atoms with Crippen LogP contribution in [0.25, 0.3) is 10.8 Å². The fourth-order valence-electron chi connectivity index (χ4n) is 3.45. The molecule has 0 saturated heterocycles. The molecule has 1 aliphatic carbocycles. The second kappa shape index (κ2) is 4.46. The van der Waals surface area contributed by atoms with Gasteiger partial charge in [-0.05, 0) is 40.3 Å². The molecule has 2 aromatic carbocycles. The first-order valence-electron chi connectivity index (χ1n) is 7.08. The van der Waals surface area contributed by atoms with Crippen LogP contribution >= 0.6 is 0 Å². The van der Waals surface area contributed by atoms with Crippen molar-refractivity contribution in [3.63, 3.8) is 0 Å². The van der Waals surface area contributed by atoms with Gasteiger partial charge in [-0.1, -0.05) is 50.0 Å². The molecule has 0 fully saturated rings. The van der Waals surface area contributed by atoms with Crippen LogP contribution in [0, 0.1) is 0 Å². The van der Waals surface area contributed by atoms with Crippen molar-refractivity contribution >= 4 is 18.8 Å². The van der Waals surface area contributed by atoms with Crippen molar-refractivity contribution in [2.24, 2.45) is 0 Å². The van der Waals surface area contributed by atoms with Crippen molar-refractivity contribution in [3.8, 4) is 0 Å². The lowest BCUT2D eigenvalue weighted by molar-refractivity contribution is 0.161. The Morgan fingerprint density at radius 1 is 1.00 bits per heavy atom. The van der Waals surface area contributed by atoms with Crippen LogP contribution in [-0.2, 0) is 17.6 Å². The molecular formula is C17H22OSi. The molecule has 2 heteroatoms. The van der Waals surface area contributed by atoms with Crippen LogP contribution in [0.15, 0.2) is 30.3 Å². The van der Waals surface area contributed by atoms with Crippen LogP contribution in [0.1, 0.15) is 22.4 Å². The predicted molar refractivity (Wildman–Crippen MR) is 84.5 cm³/mol. The van der Waals surface area contributed by atoms with Gasteiger partial charge in [-0.2, -0.15) is 0 Å². The minimum Gasteiger partial charge on any atom is -0.380 e. The summed E-state index contributed by atoms with van der Waals surface area (Å²) in [6, 6.07) is 11.4. The van der Waals surface area contributed by atoms with Gasteiger partial charge in [0.2, 0.25) is 0 Å². The molecule has 0 radical (unpaired) electrons. The molecule has 1 aliphatic rings. The molecule has 0 aliphatic heterocycles. The van der Waals surface area contributed by atoms with E-state index in [0.29, 0.717) is 0 Å². The topological polar surface area (TPSA) is 9.23 Å². The first-order chi connectivity index (χ1) is 9.02. The third kappa shape index (κ3) is 2.03. The van der Waals surface area contributed by atoms with E-state index in [1.54, 1.807) is 0 Å². The van der Waals surface area contributed by atoms with Gasteiger partial charge < -0.3 is 4.74 Å². The smallest absolute Gasteiger partial charge is 0.0842 e. The maximum atomic E-state index is 5.87. The van der Waals surface area contributed by atoms with Crippen molar-refractivity contribution in [1.82, 2.24) is 0 Å². The highest BCUT2D eigenvalue weighted by Gasteiger charge is 2.30. The van der Waals surface area contributed by atoms with E-state index in [9.17, 15) is 0 Å². The molecule has 0 N–H and O–H groups in total. The molecule has 1 nitrogen and oxygen atoms in total. The van der Waals surface area contributed by atoms with Crippen molar-refractivity contribution in [2.75, 3.05) is 7.11 Å². The molecule has 1 atom stereocenters. The van der Waals surface area contributed by atoms with Crippen LogP contribution < -0.4 is 0 Å². The van der Waals surface area contributed by atoms with E-state index in [1.165, 1.54) is 40.3 Å². The molecule has 19 heavy (non-hydrogen) atoms. The van der Waals surface area contributed by atoms with E-state index < -0.39 is 8.07 Å². The molecule has 0 amide bonds. The molecule has 0 aromatic heterocycles. The number of hydrogen-bond donors (Lipinski definition) is 0. The number of hydrogen-bond acceptors (Lipinski definition) is 1. The van der Waals surface area contributed by atoms with Gasteiger partial charge in [-0.15, -0.1) is 0 Å². The van der Waals surface area contributed by atoms with Gasteiger partial charge in [0, 0.05) is 7.11 Å². The first kappa shape index (κ1) is 12.9.